The van der Waals surface area contributed by atoms with Gasteiger partial charge in [-0.2, -0.15) is 0 Å². The predicted octanol–water partition coefficient (Wildman–Crippen LogP) is 3.19. The van der Waals surface area contributed by atoms with Gasteiger partial charge in [0, 0.05) is 38.9 Å². The summed E-state index contributed by atoms with van der Waals surface area (Å²) in [5.41, 5.74) is 2.74. The smallest absolute Gasteiger partial charge is 0.252 e. The Balaban J connectivity index is 1.61. The average Bonchev–Trinajstić information content (AvgIpc) is 2.73. The fourth-order valence-electron chi connectivity index (χ4n) is 3.40. The van der Waals surface area contributed by atoms with E-state index in [0.717, 1.165) is 49.7 Å². The number of hydrogen-bond donors (Lipinski definition) is 1. The number of hydrogen-bond acceptors (Lipinski definition) is 5. The predicted molar refractivity (Wildman–Crippen MR) is 113 cm³/mol. The Morgan fingerprint density at radius 1 is 1.14 bits per heavy atom. The molecule has 0 saturated carbocycles. The molecule has 0 atom stereocenters. The lowest BCUT2D eigenvalue weighted by Gasteiger charge is -2.37. The molecule has 2 aromatic rings. The fourth-order valence-corrected chi connectivity index (χ4v) is 3.40. The number of nitrogens with one attached hydrogen (secondary N) is 1. The molecule has 1 N–H and O–H groups in total. The lowest BCUT2D eigenvalue weighted by atomic mass is 10.1. The van der Waals surface area contributed by atoms with Crippen LogP contribution in [0, 0.1) is 5.92 Å². The van der Waals surface area contributed by atoms with Gasteiger partial charge >= 0.3 is 0 Å². The molecule has 1 fully saturated rings. The molecule has 0 spiro atoms. The van der Waals surface area contributed by atoms with Gasteiger partial charge in [0.2, 0.25) is 0 Å². The van der Waals surface area contributed by atoms with Crippen LogP contribution in [0.1, 0.15) is 30.6 Å². The van der Waals surface area contributed by atoms with E-state index in [1.807, 2.05) is 30.5 Å². The van der Waals surface area contributed by atoms with Crippen LogP contribution in [0.4, 0.5) is 11.4 Å². The number of benzene rings is 1. The van der Waals surface area contributed by atoms with Gasteiger partial charge in [0.1, 0.15) is 5.75 Å². The van der Waals surface area contributed by atoms with Gasteiger partial charge in [-0.1, -0.05) is 26.0 Å². The Hall–Kier alpha value is -2.76. The number of carbonyl (C=O) groups excluding carboxylic acids is 1. The summed E-state index contributed by atoms with van der Waals surface area (Å²) in [6.07, 6.45) is 4.45. The lowest BCUT2D eigenvalue weighted by molar-refractivity contribution is 0.0951. The van der Waals surface area contributed by atoms with Gasteiger partial charge in [0.25, 0.3) is 5.91 Å². The van der Waals surface area contributed by atoms with Crippen molar-refractivity contribution < 1.29 is 9.53 Å². The molecule has 3 rings (SSSR count). The largest absolute Gasteiger partial charge is 0.495 e. The minimum absolute atomic E-state index is 0.0531. The van der Waals surface area contributed by atoms with Gasteiger partial charge < -0.3 is 19.9 Å². The number of methoxy groups -OCH3 is 1. The highest BCUT2D eigenvalue weighted by atomic mass is 16.5. The van der Waals surface area contributed by atoms with E-state index in [0.29, 0.717) is 18.0 Å². The SMILES string of the molecule is COc1ccccc1N1CCN(c2cncc(C(=O)NCCC(C)C)c2)CC1. The maximum atomic E-state index is 12.4. The zero-order valence-electron chi connectivity index (χ0n) is 17.0. The third kappa shape index (κ3) is 4.94. The van der Waals surface area contributed by atoms with Gasteiger partial charge in [-0.3, -0.25) is 9.78 Å². The summed E-state index contributed by atoms with van der Waals surface area (Å²) in [6, 6.07) is 10.1. The van der Waals surface area contributed by atoms with Crippen LogP contribution in [0.25, 0.3) is 0 Å². The minimum atomic E-state index is -0.0531. The average molecular weight is 383 g/mol. The van der Waals surface area contributed by atoms with E-state index in [9.17, 15) is 4.79 Å². The molecule has 0 radical (unpaired) electrons. The number of piperazine rings is 1. The summed E-state index contributed by atoms with van der Waals surface area (Å²) in [5.74, 6) is 1.42. The van der Waals surface area contributed by atoms with Crippen molar-refractivity contribution in [3.05, 3.63) is 48.3 Å². The Bertz CT molecular complexity index is 786. The van der Waals surface area contributed by atoms with Gasteiger partial charge in [-0.15, -0.1) is 0 Å². The summed E-state index contributed by atoms with van der Waals surface area (Å²) in [7, 11) is 1.71. The topological polar surface area (TPSA) is 57.7 Å². The first-order valence-corrected chi connectivity index (χ1v) is 9.94. The second kappa shape index (κ2) is 9.44. The van der Waals surface area contributed by atoms with E-state index in [1.54, 1.807) is 13.3 Å². The normalized spacial score (nSPS) is 14.3. The molecule has 1 aromatic heterocycles. The molecule has 1 amide bonds. The van der Waals surface area contributed by atoms with Gasteiger partial charge in [0.05, 0.1) is 30.2 Å². The minimum Gasteiger partial charge on any atom is -0.495 e. The number of aromatic nitrogens is 1. The molecule has 0 unspecified atom stereocenters. The highest BCUT2D eigenvalue weighted by molar-refractivity contribution is 5.94. The highest BCUT2D eigenvalue weighted by Crippen LogP contribution is 2.29. The first-order valence-electron chi connectivity index (χ1n) is 9.94. The Kier molecular flexibility index (Phi) is 6.74. The first-order chi connectivity index (χ1) is 13.6. The Labute approximate surface area is 167 Å². The van der Waals surface area contributed by atoms with Crippen molar-refractivity contribution in [1.29, 1.82) is 0 Å². The van der Waals surface area contributed by atoms with Crippen LogP contribution in [0.15, 0.2) is 42.7 Å². The van der Waals surface area contributed by atoms with E-state index < -0.39 is 0 Å². The summed E-state index contributed by atoms with van der Waals surface area (Å²) in [4.78, 5) is 21.3. The van der Waals surface area contributed by atoms with E-state index >= 15 is 0 Å². The highest BCUT2D eigenvalue weighted by Gasteiger charge is 2.20. The zero-order valence-corrected chi connectivity index (χ0v) is 17.0. The van der Waals surface area contributed by atoms with Crippen molar-refractivity contribution in [3.8, 4) is 5.75 Å². The number of rotatable bonds is 7. The number of pyridine rings is 1. The summed E-state index contributed by atoms with van der Waals surface area (Å²) >= 11 is 0. The monoisotopic (exact) mass is 382 g/mol. The van der Waals surface area contributed by atoms with Crippen molar-refractivity contribution in [2.45, 2.75) is 20.3 Å². The molecule has 6 nitrogen and oxygen atoms in total. The molecule has 1 saturated heterocycles. The second-order valence-corrected chi connectivity index (χ2v) is 7.52. The van der Waals surface area contributed by atoms with E-state index in [4.69, 9.17) is 4.74 Å². The van der Waals surface area contributed by atoms with Crippen LogP contribution in [-0.2, 0) is 0 Å². The van der Waals surface area contributed by atoms with Crippen LogP contribution < -0.4 is 19.9 Å². The van der Waals surface area contributed by atoms with E-state index in [1.165, 1.54) is 0 Å². The standard InChI is InChI=1S/C22H30N4O2/c1-17(2)8-9-24-22(27)18-14-19(16-23-15-18)25-10-12-26(13-11-25)20-6-4-5-7-21(20)28-3/h4-7,14-17H,8-13H2,1-3H3,(H,24,27). The molecule has 1 aliphatic rings. The Morgan fingerprint density at radius 3 is 2.57 bits per heavy atom. The molecule has 0 aliphatic carbocycles. The van der Waals surface area contributed by atoms with Crippen molar-refractivity contribution in [3.63, 3.8) is 0 Å². The molecule has 150 valence electrons. The quantitative estimate of drug-likeness (QED) is 0.797. The molecule has 1 aromatic carbocycles. The number of para-hydroxylation sites is 2. The molecular formula is C22H30N4O2. The number of anilines is 2. The number of nitrogens with zero attached hydrogens (tertiary/aromatic N) is 3. The number of carbonyl (C=O) groups is 1. The maximum Gasteiger partial charge on any atom is 0.252 e. The lowest BCUT2D eigenvalue weighted by Crippen LogP contribution is -2.46. The summed E-state index contributed by atoms with van der Waals surface area (Å²) in [6.45, 7) is 8.53. The van der Waals surface area contributed by atoms with Gasteiger partial charge in [0.15, 0.2) is 0 Å². The van der Waals surface area contributed by atoms with Crippen LogP contribution in [0.5, 0.6) is 5.75 Å². The number of ether oxygens (including phenoxy) is 1. The van der Waals surface area contributed by atoms with Crippen LogP contribution in [0.3, 0.4) is 0 Å². The van der Waals surface area contributed by atoms with Crippen molar-refractivity contribution in [1.82, 2.24) is 10.3 Å². The number of amides is 1. The molecule has 1 aliphatic heterocycles. The molecule has 6 heteroatoms. The summed E-state index contributed by atoms with van der Waals surface area (Å²) in [5, 5.41) is 2.98. The zero-order chi connectivity index (χ0) is 19.9. The van der Waals surface area contributed by atoms with Crippen molar-refractivity contribution in [2.24, 2.45) is 5.92 Å². The molecular weight excluding hydrogens is 352 g/mol. The first kappa shape index (κ1) is 20.0. The van der Waals surface area contributed by atoms with Crippen LogP contribution in [-0.4, -0.2) is 50.7 Å². The third-order valence-electron chi connectivity index (χ3n) is 5.06. The molecule has 28 heavy (non-hydrogen) atoms. The molecule has 2 heterocycles. The van der Waals surface area contributed by atoms with Crippen molar-refractivity contribution >= 4 is 17.3 Å². The van der Waals surface area contributed by atoms with Gasteiger partial charge in [-0.25, -0.2) is 0 Å². The maximum absolute atomic E-state index is 12.4. The van der Waals surface area contributed by atoms with Crippen LogP contribution in [0.2, 0.25) is 0 Å². The van der Waals surface area contributed by atoms with Crippen molar-refractivity contribution in [2.75, 3.05) is 49.6 Å². The summed E-state index contributed by atoms with van der Waals surface area (Å²) < 4.78 is 5.49. The van der Waals surface area contributed by atoms with Gasteiger partial charge in [-0.05, 0) is 30.5 Å². The molecule has 0 bridgehead atoms. The van der Waals surface area contributed by atoms with E-state index in [-0.39, 0.29) is 5.91 Å². The Morgan fingerprint density at radius 2 is 1.86 bits per heavy atom. The van der Waals surface area contributed by atoms with Crippen LogP contribution >= 0.6 is 0 Å². The van der Waals surface area contributed by atoms with E-state index in [2.05, 4.69) is 40.0 Å². The second-order valence-electron chi connectivity index (χ2n) is 7.52. The third-order valence-corrected chi connectivity index (χ3v) is 5.06. The fraction of sp³-hybridized carbons (Fsp3) is 0.455.